The maximum Gasteiger partial charge on any atom is 0.234 e. The molecule has 0 aliphatic carbocycles. The second kappa shape index (κ2) is 9.47. The van der Waals surface area contributed by atoms with E-state index in [1.54, 1.807) is 25.3 Å². The van der Waals surface area contributed by atoms with Crippen LogP contribution < -0.4 is 10.1 Å². The molecule has 0 radical (unpaired) electrons. The number of nitrogens with one attached hydrogen (secondary N) is 1. The van der Waals surface area contributed by atoms with E-state index in [0.29, 0.717) is 26.7 Å². The average molecular weight is 474 g/mol. The van der Waals surface area contributed by atoms with Gasteiger partial charge >= 0.3 is 0 Å². The Morgan fingerprint density at radius 1 is 1.06 bits per heavy atom. The molecular formula is C21H17Cl2N5O2S. The third-order valence-corrected chi connectivity index (χ3v) is 5.61. The van der Waals surface area contributed by atoms with Crippen LogP contribution in [0.4, 0.5) is 5.69 Å². The van der Waals surface area contributed by atoms with Gasteiger partial charge in [-0.1, -0.05) is 35.0 Å². The fraction of sp³-hybridized carbons (Fsp3) is 0.0952. The molecular weight excluding hydrogens is 457 g/mol. The van der Waals surface area contributed by atoms with Crippen molar-refractivity contribution in [2.45, 2.75) is 5.16 Å². The molecule has 2 aromatic carbocycles. The number of thioether (sulfide) groups is 1. The Morgan fingerprint density at radius 2 is 1.74 bits per heavy atom. The second-order valence-corrected chi connectivity index (χ2v) is 8.22. The van der Waals surface area contributed by atoms with Gasteiger partial charge in [0.25, 0.3) is 0 Å². The number of hydrogen-bond acceptors (Lipinski definition) is 5. The molecule has 2 heterocycles. The Morgan fingerprint density at radius 3 is 2.39 bits per heavy atom. The fourth-order valence-electron chi connectivity index (χ4n) is 2.90. The Balaban J connectivity index is 1.55. The zero-order valence-electron chi connectivity index (χ0n) is 16.3. The molecule has 0 bridgehead atoms. The van der Waals surface area contributed by atoms with Crippen molar-refractivity contribution in [2.75, 3.05) is 18.2 Å². The molecule has 0 aliphatic heterocycles. The summed E-state index contributed by atoms with van der Waals surface area (Å²) in [5.74, 6) is 1.31. The monoisotopic (exact) mass is 473 g/mol. The van der Waals surface area contributed by atoms with Gasteiger partial charge in [0.15, 0.2) is 5.82 Å². The van der Waals surface area contributed by atoms with Gasteiger partial charge in [-0.05, 0) is 54.6 Å². The van der Waals surface area contributed by atoms with Gasteiger partial charge in [0.05, 0.1) is 12.9 Å². The molecule has 10 heteroatoms. The topological polar surface area (TPSA) is 74.0 Å². The third kappa shape index (κ3) is 5.04. The van der Waals surface area contributed by atoms with E-state index in [1.165, 1.54) is 11.8 Å². The Hall–Kier alpha value is -2.94. The average Bonchev–Trinajstić information content (AvgIpc) is 3.41. The summed E-state index contributed by atoms with van der Waals surface area (Å²) in [6.45, 7) is 0. The molecule has 4 rings (SSSR count). The van der Waals surface area contributed by atoms with Crippen molar-refractivity contribution in [3.8, 4) is 17.1 Å². The largest absolute Gasteiger partial charge is 0.497 e. The third-order valence-electron chi connectivity index (χ3n) is 4.26. The summed E-state index contributed by atoms with van der Waals surface area (Å²) < 4.78 is 8.93. The minimum atomic E-state index is -0.212. The SMILES string of the molecule is COc1ccc(-c2nnc(SCC(=O)Nc3cc(Cl)cc(Cl)c3)n2-n2cccc2)cc1. The lowest BCUT2D eigenvalue weighted by atomic mass is 10.2. The number of carbonyl (C=O) groups is 1. The first-order valence-electron chi connectivity index (χ1n) is 9.16. The van der Waals surface area contributed by atoms with E-state index < -0.39 is 0 Å². The lowest BCUT2D eigenvalue weighted by Crippen LogP contribution is -2.16. The molecule has 4 aromatic rings. The number of aromatic nitrogens is 4. The van der Waals surface area contributed by atoms with Crippen LogP contribution in [0.3, 0.4) is 0 Å². The highest BCUT2D eigenvalue weighted by Gasteiger charge is 2.17. The molecule has 0 spiro atoms. The van der Waals surface area contributed by atoms with Gasteiger partial charge in [0, 0.05) is 33.7 Å². The van der Waals surface area contributed by atoms with Crippen molar-refractivity contribution in [2.24, 2.45) is 0 Å². The minimum absolute atomic E-state index is 0.131. The normalized spacial score (nSPS) is 10.8. The molecule has 0 aliphatic rings. The molecule has 7 nitrogen and oxygen atoms in total. The summed E-state index contributed by atoms with van der Waals surface area (Å²) >= 11 is 13.3. The van der Waals surface area contributed by atoms with E-state index in [-0.39, 0.29) is 11.7 Å². The Labute approximate surface area is 192 Å². The van der Waals surface area contributed by atoms with E-state index in [0.717, 1.165) is 11.3 Å². The van der Waals surface area contributed by atoms with Crippen LogP contribution in [-0.2, 0) is 4.79 Å². The summed E-state index contributed by atoms with van der Waals surface area (Å²) in [5, 5.41) is 12.9. The molecule has 31 heavy (non-hydrogen) atoms. The molecule has 158 valence electrons. The molecule has 1 N–H and O–H groups in total. The number of rotatable bonds is 7. The maximum absolute atomic E-state index is 12.5. The van der Waals surface area contributed by atoms with Crippen molar-refractivity contribution < 1.29 is 9.53 Å². The fourth-order valence-corrected chi connectivity index (χ4v) is 4.16. The summed E-state index contributed by atoms with van der Waals surface area (Å²) in [4.78, 5) is 12.5. The number of hydrogen-bond donors (Lipinski definition) is 1. The number of amides is 1. The highest BCUT2D eigenvalue weighted by atomic mass is 35.5. The van der Waals surface area contributed by atoms with Crippen molar-refractivity contribution in [3.63, 3.8) is 0 Å². The van der Waals surface area contributed by atoms with Gasteiger partial charge < -0.3 is 10.1 Å². The van der Waals surface area contributed by atoms with Crippen LogP contribution in [0.15, 0.2) is 72.1 Å². The first-order chi connectivity index (χ1) is 15.0. The maximum atomic E-state index is 12.5. The Bertz CT molecular complexity index is 1170. The zero-order valence-corrected chi connectivity index (χ0v) is 18.7. The lowest BCUT2D eigenvalue weighted by molar-refractivity contribution is -0.113. The number of benzene rings is 2. The molecule has 2 aromatic heterocycles. The van der Waals surface area contributed by atoms with Crippen molar-refractivity contribution in [3.05, 3.63) is 77.0 Å². The van der Waals surface area contributed by atoms with Crippen molar-refractivity contribution >= 4 is 46.6 Å². The van der Waals surface area contributed by atoms with Gasteiger partial charge in [-0.3, -0.25) is 9.47 Å². The Kier molecular flexibility index (Phi) is 6.50. The molecule has 0 fully saturated rings. The first kappa shape index (κ1) is 21.3. The van der Waals surface area contributed by atoms with Crippen LogP contribution in [0.5, 0.6) is 5.75 Å². The lowest BCUT2D eigenvalue weighted by Gasteiger charge is -2.11. The number of anilines is 1. The van der Waals surface area contributed by atoms with Crippen LogP contribution in [0.25, 0.3) is 11.4 Å². The number of ether oxygens (including phenoxy) is 1. The van der Waals surface area contributed by atoms with Crippen LogP contribution in [-0.4, -0.2) is 38.3 Å². The highest BCUT2D eigenvalue weighted by Crippen LogP contribution is 2.27. The summed E-state index contributed by atoms with van der Waals surface area (Å²) in [6, 6.07) is 16.2. The number of carbonyl (C=O) groups excluding carboxylic acids is 1. The van der Waals surface area contributed by atoms with Gasteiger partial charge in [0.2, 0.25) is 11.1 Å². The number of nitrogens with zero attached hydrogens (tertiary/aromatic N) is 4. The van der Waals surface area contributed by atoms with E-state index in [1.807, 2.05) is 58.1 Å². The zero-order chi connectivity index (χ0) is 21.8. The summed E-state index contributed by atoms with van der Waals surface area (Å²) in [6.07, 6.45) is 3.77. The molecule has 0 atom stereocenters. The van der Waals surface area contributed by atoms with Crippen LogP contribution >= 0.6 is 35.0 Å². The highest BCUT2D eigenvalue weighted by molar-refractivity contribution is 7.99. The standard InChI is InChI=1S/C21H17Cl2N5O2S/c1-30-18-6-4-14(5-7-18)20-25-26-21(28(20)27-8-2-3-9-27)31-13-19(29)24-17-11-15(22)10-16(23)12-17/h2-12H,13H2,1H3,(H,24,29). The summed E-state index contributed by atoms with van der Waals surface area (Å²) in [7, 11) is 1.62. The number of halogens is 2. The van der Waals surface area contributed by atoms with Crippen molar-refractivity contribution in [1.82, 2.24) is 19.5 Å². The van der Waals surface area contributed by atoms with E-state index in [4.69, 9.17) is 27.9 Å². The second-order valence-electron chi connectivity index (χ2n) is 6.40. The predicted molar refractivity (Wildman–Crippen MR) is 123 cm³/mol. The van der Waals surface area contributed by atoms with Gasteiger partial charge in [-0.2, -0.15) is 0 Å². The van der Waals surface area contributed by atoms with E-state index >= 15 is 0 Å². The first-order valence-corrected chi connectivity index (χ1v) is 10.9. The van der Waals surface area contributed by atoms with Gasteiger partial charge in [-0.15, -0.1) is 10.2 Å². The van der Waals surface area contributed by atoms with Gasteiger partial charge in [0.1, 0.15) is 5.75 Å². The predicted octanol–water partition coefficient (Wildman–Crippen LogP) is 5.10. The molecule has 1 amide bonds. The molecule has 0 saturated heterocycles. The summed E-state index contributed by atoms with van der Waals surface area (Å²) in [5.41, 5.74) is 1.40. The molecule has 0 unspecified atom stereocenters. The van der Waals surface area contributed by atoms with Gasteiger partial charge in [-0.25, -0.2) is 4.68 Å². The van der Waals surface area contributed by atoms with Crippen LogP contribution in [0.1, 0.15) is 0 Å². The van der Waals surface area contributed by atoms with Crippen LogP contribution in [0.2, 0.25) is 10.0 Å². The number of methoxy groups -OCH3 is 1. The quantitative estimate of drug-likeness (QED) is 0.377. The minimum Gasteiger partial charge on any atom is -0.497 e. The van der Waals surface area contributed by atoms with Crippen molar-refractivity contribution in [1.29, 1.82) is 0 Å². The van der Waals surface area contributed by atoms with Crippen LogP contribution in [0, 0.1) is 0 Å². The van der Waals surface area contributed by atoms with E-state index in [9.17, 15) is 4.79 Å². The smallest absolute Gasteiger partial charge is 0.234 e. The van der Waals surface area contributed by atoms with E-state index in [2.05, 4.69) is 15.5 Å². The molecule has 0 saturated carbocycles.